The Labute approximate surface area is 136 Å². The second kappa shape index (κ2) is 9.62. The summed E-state index contributed by atoms with van der Waals surface area (Å²) in [5.41, 5.74) is 6.81. The summed E-state index contributed by atoms with van der Waals surface area (Å²) < 4.78 is 19.9. The van der Waals surface area contributed by atoms with E-state index in [1.54, 1.807) is 6.08 Å². The molecular formula is C14H21Cl2N2O2P. The summed E-state index contributed by atoms with van der Waals surface area (Å²) in [6, 6.07) is 9.50. The predicted molar refractivity (Wildman–Crippen MR) is 89.9 cm³/mol. The molecule has 0 saturated carbocycles. The summed E-state index contributed by atoms with van der Waals surface area (Å²) in [7, 11) is -3.47. The summed E-state index contributed by atoms with van der Waals surface area (Å²) in [6.07, 6.45) is 1.82. The van der Waals surface area contributed by atoms with Crippen LogP contribution in [0.2, 0.25) is 0 Å². The van der Waals surface area contributed by atoms with Crippen LogP contribution in [0.1, 0.15) is 18.1 Å². The number of hydrogen-bond donors (Lipinski definition) is 1. The standard InChI is InChI=1S/C14H21Cl2N2O2P/c1-2-6-14(13-7-4-3-5-8-13)20-21(17,19)18(11-9-15)12-10-16/h2-5,7-8,14H,1,6,9-12H2,(H2,17,19)/t14-,21-/m0/s1. The maximum atomic E-state index is 12.7. The van der Waals surface area contributed by atoms with Crippen LogP contribution in [0.15, 0.2) is 43.0 Å². The van der Waals surface area contributed by atoms with Crippen molar-refractivity contribution in [3.8, 4) is 0 Å². The van der Waals surface area contributed by atoms with Crippen molar-refractivity contribution in [2.75, 3.05) is 24.8 Å². The van der Waals surface area contributed by atoms with Gasteiger partial charge >= 0.3 is 7.67 Å². The van der Waals surface area contributed by atoms with Crippen LogP contribution in [0.3, 0.4) is 0 Å². The van der Waals surface area contributed by atoms with Gasteiger partial charge in [-0.1, -0.05) is 36.4 Å². The maximum absolute atomic E-state index is 12.7. The van der Waals surface area contributed by atoms with Crippen molar-refractivity contribution >= 4 is 30.9 Å². The molecule has 0 aromatic heterocycles. The Morgan fingerprint density at radius 3 is 2.33 bits per heavy atom. The molecular weight excluding hydrogens is 330 g/mol. The Hall–Kier alpha value is -0.350. The average molecular weight is 351 g/mol. The lowest BCUT2D eigenvalue weighted by atomic mass is 10.1. The van der Waals surface area contributed by atoms with Crippen molar-refractivity contribution in [3.05, 3.63) is 48.6 Å². The van der Waals surface area contributed by atoms with Crippen LogP contribution >= 0.6 is 30.9 Å². The third kappa shape index (κ3) is 6.11. The van der Waals surface area contributed by atoms with Crippen molar-refractivity contribution in [2.24, 2.45) is 5.50 Å². The van der Waals surface area contributed by atoms with Crippen molar-refractivity contribution < 1.29 is 9.09 Å². The molecule has 0 fully saturated rings. The first kappa shape index (κ1) is 18.7. The Bertz CT molecular complexity index is 467. The molecule has 0 heterocycles. The highest BCUT2D eigenvalue weighted by molar-refractivity contribution is 7.53. The number of rotatable bonds is 10. The molecule has 7 heteroatoms. The van der Waals surface area contributed by atoms with E-state index in [1.165, 1.54) is 4.67 Å². The van der Waals surface area contributed by atoms with Gasteiger partial charge in [-0.2, -0.15) is 0 Å². The molecule has 0 saturated heterocycles. The third-order valence-corrected chi connectivity index (χ3v) is 4.99. The Balaban J connectivity index is 2.90. The monoisotopic (exact) mass is 350 g/mol. The molecule has 0 aliphatic carbocycles. The summed E-state index contributed by atoms with van der Waals surface area (Å²) >= 11 is 11.4. The van der Waals surface area contributed by atoms with Gasteiger partial charge in [0, 0.05) is 24.8 Å². The van der Waals surface area contributed by atoms with E-state index in [9.17, 15) is 4.57 Å². The summed E-state index contributed by atoms with van der Waals surface area (Å²) in [5.74, 6) is 0.609. The smallest absolute Gasteiger partial charge is 0.298 e. The molecule has 0 amide bonds. The van der Waals surface area contributed by atoms with Gasteiger partial charge in [-0.25, -0.2) is 10.2 Å². The van der Waals surface area contributed by atoms with Crippen LogP contribution < -0.4 is 5.50 Å². The molecule has 0 aliphatic rings. The van der Waals surface area contributed by atoms with Crippen LogP contribution in [0.5, 0.6) is 0 Å². The van der Waals surface area contributed by atoms with E-state index in [-0.39, 0.29) is 0 Å². The molecule has 0 aliphatic heterocycles. The molecule has 118 valence electrons. The molecule has 2 N–H and O–H groups in total. The van der Waals surface area contributed by atoms with Gasteiger partial charge in [0.15, 0.2) is 0 Å². The molecule has 4 nitrogen and oxygen atoms in total. The summed E-state index contributed by atoms with van der Waals surface area (Å²) in [5, 5.41) is 0. The normalized spacial score (nSPS) is 15.6. The lowest BCUT2D eigenvalue weighted by Crippen LogP contribution is -2.30. The maximum Gasteiger partial charge on any atom is 0.341 e. The molecule has 1 rings (SSSR count). The first-order chi connectivity index (χ1) is 10.0. The van der Waals surface area contributed by atoms with E-state index >= 15 is 0 Å². The molecule has 1 aromatic rings. The summed E-state index contributed by atoms with van der Waals surface area (Å²) in [4.78, 5) is 0. The van der Waals surface area contributed by atoms with Crippen molar-refractivity contribution in [3.63, 3.8) is 0 Å². The van der Waals surface area contributed by atoms with Crippen LogP contribution in [-0.4, -0.2) is 29.5 Å². The van der Waals surface area contributed by atoms with Crippen LogP contribution in [-0.2, 0) is 9.09 Å². The van der Waals surface area contributed by atoms with Crippen molar-refractivity contribution in [1.82, 2.24) is 4.67 Å². The quantitative estimate of drug-likeness (QED) is 0.391. The van der Waals surface area contributed by atoms with Gasteiger partial charge in [0.05, 0.1) is 6.10 Å². The fourth-order valence-corrected chi connectivity index (χ4v) is 4.00. The van der Waals surface area contributed by atoms with Crippen molar-refractivity contribution in [1.29, 1.82) is 0 Å². The molecule has 0 bridgehead atoms. The molecule has 1 aromatic carbocycles. The fourth-order valence-electron chi connectivity index (χ4n) is 1.89. The predicted octanol–water partition coefficient (Wildman–Crippen LogP) is 4.17. The zero-order valence-corrected chi connectivity index (χ0v) is 14.2. The SMILES string of the molecule is C=CC[C@H](O[P@](N)(=O)N(CCCl)CCCl)c1ccccc1. The van der Waals surface area contributed by atoms with Gasteiger partial charge in [-0.15, -0.1) is 29.8 Å². The number of halogens is 2. The molecule has 21 heavy (non-hydrogen) atoms. The van der Waals surface area contributed by atoms with E-state index in [2.05, 4.69) is 6.58 Å². The highest BCUT2D eigenvalue weighted by atomic mass is 35.5. The fraction of sp³-hybridized carbons (Fsp3) is 0.429. The second-order valence-electron chi connectivity index (χ2n) is 4.42. The highest BCUT2D eigenvalue weighted by Gasteiger charge is 2.30. The number of hydrogen-bond acceptors (Lipinski definition) is 2. The van der Waals surface area contributed by atoms with Gasteiger partial charge in [-0.05, 0) is 12.0 Å². The van der Waals surface area contributed by atoms with E-state index in [0.29, 0.717) is 31.3 Å². The molecule has 0 spiro atoms. The zero-order valence-electron chi connectivity index (χ0n) is 11.8. The average Bonchev–Trinajstić information content (AvgIpc) is 2.47. The Morgan fingerprint density at radius 1 is 1.29 bits per heavy atom. The summed E-state index contributed by atoms with van der Waals surface area (Å²) in [6.45, 7) is 4.42. The second-order valence-corrected chi connectivity index (χ2v) is 7.09. The molecule has 0 radical (unpaired) electrons. The minimum atomic E-state index is -3.47. The zero-order chi connectivity index (χ0) is 15.7. The van der Waals surface area contributed by atoms with E-state index < -0.39 is 13.8 Å². The first-order valence-electron chi connectivity index (χ1n) is 6.65. The van der Waals surface area contributed by atoms with Gasteiger partial charge in [0.25, 0.3) is 0 Å². The highest BCUT2D eigenvalue weighted by Crippen LogP contribution is 2.47. The van der Waals surface area contributed by atoms with Gasteiger partial charge in [0.2, 0.25) is 0 Å². The molecule has 2 atom stereocenters. The number of benzene rings is 1. The third-order valence-electron chi connectivity index (χ3n) is 2.91. The van der Waals surface area contributed by atoms with Crippen molar-refractivity contribution in [2.45, 2.75) is 12.5 Å². The lowest BCUT2D eigenvalue weighted by Gasteiger charge is -2.30. The van der Waals surface area contributed by atoms with Gasteiger partial charge < -0.3 is 0 Å². The minimum Gasteiger partial charge on any atom is -0.298 e. The topological polar surface area (TPSA) is 55.6 Å². The van der Waals surface area contributed by atoms with E-state index in [1.807, 2.05) is 30.3 Å². The van der Waals surface area contributed by atoms with Gasteiger partial charge in [0.1, 0.15) is 0 Å². The van der Waals surface area contributed by atoms with Gasteiger partial charge in [-0.3, -0.25) is 9.09 Å². The number of nitrogens with zero attached hydrogens (tertiary/aromatic N) is 1. The molecule has 0 unspecified atom stereocenters. The lowest BCUT2D eigenvalue weighted by molar-refractivity contribution is 0.184. The number of alkyl halides is 2. The van der Waals surface area contributed by atoms with E-state index in [4.69, 9.17) is 33.2 Å². The van der Waals surface area contributed by atoms with Crippen LogP contribution in [0, 0.1) is 0 Å². The van der Waals surface area contributed by atoms with Crippen LogP contribution in [0.25, 0.3) is 0 Å². The van der Waals surface area contributed by atoms with Crippen LogP contribution in [0.4, 0.5) is 0 Å². The largest absolute Gasteiger partial charge is 0.341 e. The minimum absolute atomic E-state index is 0.304. The Morgan fingerprint density at radius 2 is 1.86 bits per heavy atom. The number of nitrogens with two attached hydrogens (primary N) is 1. The first-order valence-corrected chi connectivity index (χ1v) is 9.37. The van der Waals surface area contributed by atoms with E-state index in [0.717, 1.165) is 5.56 Å². The Kier molecular flexibility index (Phi) is 8.57.